The molecule has 3 aromatic heterocycles. The van der Waals surface area contributed by atoms with E-state index in [0.717, 1.165) is 44.0 Å². The average Bonchev–Trinajstić information content (AvgIpc) is 3.62. The quantitative estimate of drug-likeness (QED) is 0.218. The summed E-state index contributed by atoms with van der Waals surface area (Å²) in [5.41, 5.74) is 4.41. The van der Waals surface area contributed by atoms with Crippen molar-refractivity contribution in [1.82, 2.24) is 15.0 Å². The second kappa shape index (κ2) is 9.06. The van der Waals surface area contributed by atoms with Crippen molar-refractivity contribution >= 4 is 64.2 Å². The minimum absolute atomic E-state index is 0.589. The van der Waals surface area contributed by atoms with Gasteiger partial charge in [-0.15, -0.1) is 11.3 Å². The Balaban J connectivity index is 1.32. The second-order valence-electron chi connectivity index (χ2n) is 10.4. The van der Waals surface area contributed by atoms with Crippen molar-refractivity contribution in [3.8, 4) is 34.2 Å². The van der Waals surface area contributed by atoms with Crippen LogP contribution in [0.25, 0.3) is 87.0 Å². The van der Waals surface area contributed by atoms with Gasteiger partial charge < -0.3 is 4.42 Å². The largest absolute Gasteiger partial charge is 0.455 e. The Hall–Kier alpha value is -5.39. The lowest BCUT2D eigenvalue weighted by Gasteiger charge is -2.09. The molecule has 0 atom stereocenters. The summed E-state index contributed by atoms with van der Waals surface area (Å²) in [5.74, 6) is 1.87. The van der Waals surface area contributed by atoms with Crippen molar-refractivity contribution in [1.29, 1.82) is 0 Å². The summed E-state index contributed by atoms with van der Waals surface area (Å²) < 4.78 is 8.97. The number of hydrogen-bond donors (Lipinski definition) is 0. The van der Waals surface area contributed by atoms with E-state index in [9.17, 15) is 0 Å². The van der Waals surface area contributed by atoms with Crippen molar-refractivity contribution in [3.05, 3.63) is 127 Å². The maximum Gasteiger partial charge on any atom is 0.167 e. The monoisotopic (exact) mass is 555 g/mol. The van der Waals surface area contributed by atoms with Gasteiger partial charge in [-0.25, -0.2) is 15.0 Å². The fourth-order valence-electron chi connectivity index (χ4n) is 5.92. The standard InChI is InChI=1S/C37H21N3OS/c1-2-10-22(11-3-1)35-38-36(40-37(39-35)29-18-9-16-27-25-14-6-7-19-32(25)42-34(27)29)28-17-8-15-26-30-20-23-12-4-5-13-24(23)21-31(30)41-33(26)28/h1-21H. The van der Waals surface area contributed by atoms with E-state index in [0.29, 0.717) is 17.5 Å². The van der Waals surface area contributed by atoms with E-state index in [2.05, 4.69) is 91.0 Å². The highest BCUT2D eigenvalue weighted by atomic mass is 32.1. The van der Waals surface area contributed by atoms with E-state index in [-0.39, 0.29) is 0 Å². The van der Waals surface area contributed by atoms with Gasteiger partial charge in [0.15, 0.2) is 17.5 Å². The lowest BCUT2D eigenvalue weighted by Crippen LogP contribution is -2.00. The highest BCUT2D eigenvalue weighted by Crippen LogP contribution is 2.41. The molecule has 9 rings (SSSR count). The first kappa shape index (κ1) is 23.3. The first-order valence-corrected chi connectivity index (χ1v) is 14.7. The molecule has 9 aromatic rings. The third-order valence-electron chi connectivity index (χ3n) is 7.92. The molecule has 0 bridgehead atoms. The fraction of sp³-hybridized carbons (Fsp3) is 0. The molecular weight excluding hydrogens is 534 g/mol. The molecule has 5 heteroatoms. The molecule has 6 aromatic carbocycles. The van der Waals surface area contributed by atoms with Crippen LogP contribution in [0, 0.1) is 0 Å². The van der Waals surface area contributed by atoms with Gasteiger partial charge in [-0.05, 0) is 41.1 Å². The Bertz CT molecular complexity index is 2480. The summed E-state index contributed by atoms with van der Waals surface area (Å²) in [5, 5.41) is 6.92. The first-order valence-electron chi connectivity index (χ1n) is 13.9. The van der Waals surface area contributed by atoms with Crippen LogP contribution in [0.5, 0.6) is 0 Å². The molecule has 0 fully saturated rings. The number of aromatic nitrogens is 3. The number of furan rings is 1. The zero-order valence-electron chi connectivity index (χ0n) is 22.3. The minimum Gasteiger partial charge on any atom is -0.455 e. The van der Waals surface area contributed by atoms with Crippen LogP contribution in [0.2, 0.25) is 0 Å². The molecule has 0 N–H and O–H groups in total. The van der Waals surface area contributed by atoms with E-state index < -0.39 is 0 Å². The summed E-state index contributed by atoms with van der Waals surface area (Å²) in [4.78, 5) is 15.2. The predicted octanol–water partition coefficient (Wildman–Crippen LogP) is 10.3. The maximum atomic E-state index is 6.55. The number of para-hydroxylation sites is 1. The van der Waals surface area contributed by atoms with E-state index in [1.807, 2.05) is 36.4 Å². The number of benzene rings is 6. The summed E-state index contributed by atoms with van der Waals surface area (Å²) >= 11 is 1.77. The average molecular weight is 556 g/mol. The predicted molar refractivity (Wildman–Crippen MR) is 174 cm³/mol. The molecule has 3 heterocycles. The maximum absolute atomic E-state index is 6.55. The van der Waals surface area contributed by atoms with E-state index >= 15 is 0 Å². The van der Waals surface area contributed by atoms with Crippen LogP contribution in [0.4, 0.5) is 0 Å². The molecule has 0 saturated carbocycles. The Morgan fingerprint density at radius 2 is 1.12 bits per heavy atom. The SMILES string of the molecule is c1ccc(-c2nc(-c3cccc4c3oc3cc5ccccc5cc34)nc(-c3cccc4c3sc3ccccc34)n2)cc1. The van der Waals surface area contributed by atoms with Crippen molar-refractivity contribution in [2.75, 3.05) is 0 Å². The number of nitrogens with zero attached hydrogens (tertiary/aromatic N) is 3. The Kier molecular flexibility index (Phi) is 5.03. The smallest absolute Gasteiger partial charge is 0.167 e. The van der Waals surface area contributed by atoms with E-state index in [1.165, 1.54) is 25.6 Å². The van der Waals surface area contributed by atoms with Gasteiger partial charge in [-0.1, -0.05) is 97.1 Å². The molecule has 0 saturated heterocycles. The number of thiophene rings is 1. The molecule has 0 aliphatic rings. The van der Waals surface area contributed by atoms with Crippen LogP contribution in [0.3, 0.4) is 0 Å². The van der Waals surface area contributed by atoms with Gasteiger partial charge in [0.2, 0.25) is 0 Å². The van der Waals surface area contributed by atoms with Gasteiger partial charge >= 0.3 is 0 Å². The first-order chi connectivity index (χ1) is 20.8. The van der Waals surface area contributed by atoms with Crippen molar-refractivity contribution < 1.29 is 4.42 Å². The normalized spacial score (nSPS) is 11.8. The second-order valence-corrected chi connectivity index (χ2v) is 11.5. The van der Waals surface area contributed by atoms with Crippen LogP contribution in [0.1, 0.15) is 0 Å². The van der Waals surface area contributed by atoms with Gasteiger partial charge in [0.1, 0.15) is 11.2 Å². The van der Waals surface area contributed by atoms with Crippen LogP contribution in [-0.2, 0) is 0 Å². The van der Waals surface area contributed by atoms with Gasteiger partial charge in [-0.2, -0.15) is 0 Å². The summed E-state index contributed by atoms with van der Waals surface area (Å²) in [6.07, 6.45) is 0. The van der Waals surface area contributed by atoms with Crippen LogP contribution >= 0.6 is 11.3 Å². The lowest BCUT2D eigenvalue weighted by molar-refractivity contribution is 0.670. The van der Waals surface area contributed by atoms with Crippen molar-refractivity contribution in [3.63, 3.8) is 0 Å². The highest BCUT2D eigenvalue weighted by molar-refractivity contribution is 7.26. The number of fused-ring (bicyclic) bond motifs is 7. The molecule has 4 nitrogen and oxygen atoms in total. The number of rotatable bonds is 3. The lowest BCUT2D eigenvalue weighted by atomic mass is 10.0. The molecule has 42 heavy (non-hydrogen) atoms. The van der Waals surface area contributed by atoms with Gasteiger partial charge in [0, 0.05) is 42.1 Å². The van der Waals surface area contributed by atoms with Crippen LogP contribution in [-0.4, -0.2) is 15.0 Å². The molecule has 0 radical (unpaired) electrons. The van der Waals surface area contributed by atoms with Crippen molar-refractivity contribution in [2.24, 2.45) is 0 Å². The van der Waals surface area contributed by atoms with Crippen LogP contribution in [0.15, 0.2) is 132 Å². The summed E-state index contributed by atoms with van der Waals surface area (Å²) in [6, 6.07) is 43.9. The number of hydrogen-bond acceptors (Lipinski definition) is 5. The topological polar surface area (TPSA) is 51.8 Å². The van der Waals surface area contributed by atoms with Crippen molar-refractivity contribution in [2.45, 2.75) is 0 Å². The molecule has 0 amide bonds. The molecule has 0 unspecified atom stereocenters. The van der Waals surface area contributed by atoms with Gasteiger partial charge in [0.05, 0.1) is 5.56 Å². The Labute approximate surface area is 244 Å². The molecule has 196 valence electrons. The van der Waals surface area contributed by atoms with Gasteiger partial charge in [0.25, 0.3) is 0 Å². The fourth-order valence-corrected chi connectivity index (χ4v) is 7.13. The molecule has 0 aliphatic carbocycles. The summed E-state index contributed by atoms with van der Waals surface area (Å²) in [7, 11) is 0. The zero-order valence-corrected chi connectivity index (χ0v) is 23.1. The molecular formula is C37H21N3OS. The summed E-state index contributed by atoms with van der Waals surface area (Å²) in [6.45, 7) is 0. The molecule has 0 aliphatic heterocycles. The third-order valence-corrected chi connectivity index (χ3v) is 9.14. The Morgan fingerprint density at radius 1 is 0.476 bits per heavy atom. The van der Waals surface area contributed by atoms with E-state index in [4.69, 9.17) is 19.4 Å². The minimum atomic E-state index is 0.589. The third kappa shape index (κ3) is 3.57. The zero-order chi connectivity index (χ0) is 27.6. The van der Waals surface area contributed by atoms with Gasteiger partial charge in [-0.3, -0.25) is 0 Å². The molecule has 0 spiro atoms. The van der Waals surface area contributed by atoms with Crippen LogP contribution < -0.4 is 0 Å². The highest BCUT2D eigenvalue weighted by Gasteiger charge is 2.19. The Morgan fingerprint density at radius 3 is 1.98 bits per heavy atom. The van der Waals surface area contributed by atoms with E-state index in [1.54, 1.807) is 11.3 Å².